The van der Waals surface area contributed by atoms with Crippen LogP contribution in [0.15, 0.2) is 16.9 Å². The second-order valence-corrected chi connectivity index (χ2v) is 4.19. The van der Waals surface area contributed by atoms with E-state index >= 15 is 0 Å². The number of aromatic nitrogens is 1. The van der Waals surface area contributed by atoms with Gasteiger partial charge in [-0.2, -0.15) is 0 Å². The van der Waals surface area contributed by atoms with Gasteiger partial charge in [-0.3, -0.25) is 4.79 Å². The Kier molecular flexibility index (Phi) is 5.38. The van der Waals surface area contributed by atoms with Crippen molar-refractivity contribution in [2.24, 2.45) is 5.73 Å². The Labute approximate surface area is 103 Å². The highest BCUT2D eigenvalue weighted by atomic mass is 16.1. The summed E-state index contributed by atoms with van der Waals surface area (Å²) in [5.41, 5.74) is 7.30. The third-order valence-corrected chi connectivity index (χ3v) is 3.23. The van der Waals surface area contributed by atoms with Crippen LogP contribution >= 0.6 is 0 Å². The zero-order valence-electron chi connectivity index (χ0n) is 11.1. The van der Waals surface area contributed by atoms with Gasteiger partial charge in [0.05, 0.1) is 0 Å². The highest BCUT2D eigenvalue weighted by molar-refractivity contribution is 5.15. The maximum Gasteiger partial charge on any atom is 0.255 e. The second-order valence-electron chi connectivity index (χ2n) is 4.19. The fourth-order valence-electron chi connectivity index (χ4n) is 1.93. The maximum absolute atomic E-state index is 12.1. The first-order valence-corrected chi connectivity index (χ1v) is 6.25. The van der Waals surface area contributed by atoms with Crippen LogP contribution in [0.25, 0.3) is 0 Å². The molecule has 17 heavy (non-hydrogen) atoms. The molecule has 1 rings (SSSR count). The van der Waals surface area contributed by atoms with Gasteiger partial charge in [0.15, 0.2) is 0 Å². The molecule has 1 heterocycles. The minimum atomic E-state index is 0.0552. The molecule has 4 nitrogen and oxygen atoms in total. The summed E-state index contributed by atoms with van der Waals surface area (Å²) in [6.07, 6.45) is 0. The van der Waals surface area contributed by atoms with E-state index in [9.17, 15) is 4.79 Å². The van der Waals surface area contributed by atoms with E-state index in [2.05, 4.69) is 18.7 Å². The topological polar surface area (TPSA) is 51.3 Å². The molecule has 0 aliphatic carbocycles. The van der Waals surface area contributed by atoms with E-state index in [0.717, 1.165) is 31.9 Å². The van der Waals surface area contributed by atoms with Crippen molar-refractivity contribution in [1.29, 1.82) is 0 Å². The summed E-state index contributed by atoms with van der Waals surface area (Å²) in [6, 6.07) is 3.79. The van der Waals surface area contributed by atoms with Crippen LogP contribution < -0.4 is 11.3 Å². The Bertz CT molecular complexity index is 408. The van der Waals surface area contributed by atoms with Gasteiger partial charge in [0.1, 0.15) is 0 Å². The van der Waals surface area contributed by atoms with Gasteiger partial charge < -0.3 is 15.2 Å². The Morgan fingerprint density at radius 1 is 1.29 bits per heavy atom. The average molecular weight is 237 g/mol. The quantitative estimate of drug-likeness (QED) is 0.801. The van der Waals surface area contributed by atoms with Crippen molar-refractivity contribution in [3.05, 3.63) is 33.7 Å². The lowest BCUT2D eigenvalue weighted by Gasteiger charge is -2.19. The molecule has 0 atom stereocenters. The molecule has 0 spiro atoms. The molecule has 0 bridgehead atoms. The number of aryl methyl sites for hydroxylation is 1. The van der Waals surface area contributed by atoms with Gasteiger partial charge in [-0.05, 0) is 26.1 Å². The summed E-state index contributed by atoms with van der Waals surface area (Å²) in [6.45, 7) is 10.2. The van der Waals surface area contributed by atoms with Gasteiger partial charge in [-0.15, -0.1) is 0 Å². The van der Waals surface area contributed by atoms with Crippen LogP contribution in [0.2, 0.25) is 0 Å². The molecule has 0 aliphatic heterocycles. The monoisotopic (exact) mass is 237 g/mol. The van der Waals surface area contributed by atoms with E-state index in [1.807, 2.05) is 23.6 Å². The van der Waals surface area contributed by atoms with Crippen molar-refractivity contribution in [2.75, 3.05) is 19.6 Å². The number of rotatable bonds is 6. The molecule has 0 aromatic carbocycles. The molecule has 0 amide bonds. The zero-order chi connectivity index (χ0) is 12.8. The van der Waals surface area contributed by atoms with Crippen molar-refractivity contribution >= 4 is 0 Å². The van der Waals surface area contributed by atoms with Gasteiger partial charge in [-0.25, -0.2) is 0 Å². The number of pyridine rings is 1. The number of nitrogens with two attached hydrogens (primary N) is 1. The Balaban J connectivity index is 2.86. The van der Waals surface area contributed by atoms with E-state index in [0.29, 0.717) is 12.1 Å². The third-order valence-electron chi connectivity index (χ3n) is 3.23. The van der Waals surface area contributed by atoms with E-state index in [1.54, 1.807) is 0 Å². The molecule has 96 valence electrons. The van der Waals surface area contributed by atoms with Crippen LogP contribution in [0.1, 0.15) is 25.1 Å². The van der Waals surface area contributed by atoms with E-state index in [1.165, 1.54) is 0 Å². The van der Waals surface area contributed by atoms with Crippen LogP contribution in [-0.4, -0.2) is 29.1 Å². The highest BCUT2D eigenvalue weighted by Gasteiger charge is 2.06. The number of likely N-dealkylation sites (N-methyl/N-ethyl adjacent to an activating group) is 1. The average Bonchev–Trinajstić information content (AvgIpc) is 2.34. The van der Waals surface area contributed by atoms with E-state index < -0.39 is 0 Å². The molecule has 4 heteroatoms. The normalized spacial score (nSPS) is 11.1. The second kappa shape index (κ2) is 6.57. The van der Waals surface area contributed by atoms with E-state index in [4.69, 9.17) is 5.73 Å². The lowest BCUT2D eigenvalue weighted by Crippen LogP contribution is -2.33. The molecule has 0 saturated heterocycles. The van der Waals surface area contributed by atoms with Gasteiger partial charge in [0.2, 0.25) is 0 Å². The molecule has 2 N–H and O–H groups in total. The van der Waals surface area contributed by atoms with Crippen molar-refractivity contribution in [3.8, 4) is 0 Å². The molecular weight excluding hydrogens is 214 g/mol. The number of hydrogen-bond acceptors (Lipinski definition) is 3. The lowest BCUT2D eigenvalue weighted by molar-refractivity contribution is 0.288. The van der Waals surface area contributed by atoms with Crippen molar-refractivity contribution in [3.63, 3.8) is 0 Å². The fourth-order valence-corrected chi connectivity index (χ4v) is 1.93. The molecule has 1 aromatic rings. The van der Waals surface area contributed by atoms with Crippen molar-refractivity contribution < 1.29 is 0 Å². The number of nitrogens with zero attached hydrogens (tertiary/aromatic N) is 2. The Morgan fingerprint density at radius 2 is 1.94 bits per heavy atom. The largest absolute Gasteiger partial charge is 0.326 e. The standard InChI is InChI=1S/C13H23N3O/c1-4-15(5-2)8-9-16-11(3)6-7-12(10-14)13(16)17/h6-7H,4-5,8-10,14H2,1-3H3. The first-order chi connectivity index (χ1) is 8.13. The SMILES string of the molecule is CCN(CC)CCn1c(C)ccc(CN)c1=O. The summed E-state index contributed by atoms with van der Waals surface area (Å²) in [4.78, 5) is 14.4. The zero-order valence-corrected chi connectivity index (χ0v) is 11.1. The summed E-state index contributed by atoms with van der Waals surface area (Å²) in [5, 5.41) is 0. The summed E-state index contributed by atoms with van der Waals surface area (Å²) in [7, 11) is 0. The van der Waals surface area contributed by atoms with Gasteiger partial charge in [-0.1, -0.05) is 19.9 Å². The Morgan fingerprint density at radius 3 is 2.47 bits per heavy atom. The minimum Gasteiger partial charge on any atom is -0.326 e. The summed E-state index contributed by atoms with van der Waals surface area (Å²) < 4.78 is 1.82. The molecule has 0 saturated carbocycles. The lowest BCUT2D eigenvalue weighted by atomic mass is 10.2. The van der Waals surface area contributed by atoms with E-state index in [-0.39, 0.29) is 5.56 Å². The van der Waals surface area contributed by atoms with Gasteiger partial charge in [0.25, 0.3) is 5.56 Å². The maximum atomic E-state index is 12.1. The molecule has 0 fully saturated rings. The first-order valence-electron chi connectivity index (χ1n) is 6.25. The first kappa shape index (κ1) is 13.9. The molecule has 0 radical (unpaired) electrons. The fraction of sp³-hybridized carbons (Fsp3) is 0.615. The highest BCUT2D eigenvalue weighted by Crippen LogP contribution is 1.99. The Hall–Kier alpha value is -1.13. The van der Waals surface area contributed by atoms with Crippen LogP contribution in [0.4, 0.5) is 0 Å². The summed E-state index contributed by atoms with van der Waals surface area (Å²) in [5.74, 6) is 0. The smallest absolute Gasteiger partial charge is 0.255 e. The minimum absolute atomic E-state index is 0.0552. The predicted octanol–water partition coefficient (Wildman–Crippen LogP) is 0.957. The van der Waals surface area contributed by atoms with Gasteiger partial charge >= 0.3 is 0 Å². The summed E-state index contributed by atoms with van der Waals surface area (Å²) >= 11 is 0. The van der Waals surface area contributed by atoms with Crippen LogP contribution in [0, 0.1) is 6.92 Å². The predicted molar refractivity (Wildman–Crippen MR) is 71.1 cm³/mol. The van der Waals surface area contributed by atoms with Crippen LogP contribution in [-0.2, 0) is 13.1 Å². The van der Waals surface area contributed by atoms with Crippen molar-refractivity contribution in [2.45, 2.75) is 33.9 Å². The van der Waals surface area contributed by atoms with Crippen molar-refractivity contribution in [1.82, 2.24) is 9.47 Å². The molecule has 0 aliphatic rings. The molecular formula is C13H23N3O. The molecule has 0 unspecified atom stereocenters. The number of hydrogen-bond donors (Lipinski definition) is 1. The van der Waals surface area contributed by atoms with Gasteiger partial charge in [0, 0.05) is 30.9 Å². The van der Waals surface area contributed by atoms with Crippen LogP contribution in [0.3, 0.4) is 0 Å². The third kappa shape index (κ3) is 3.41. The van der Waals surface area contributed by atoms with Crippen LogP contribution in [0.5, 0.6) is 0 Å². The molecule has 1 aromatic heterocycles.